The second-order valence-electron chi connectivity index (χ2n) is 5.57. The third kappa shape index (κ3) is 3.94. The van der Waals surface area contributed by atoms with Crippen LogP contribution in [0.4, 0.5) is 0 Å². The fourth-order valence-corrected chi connectivity index (χ4v) is 2.63. The van der Waals surface area contributed by atoms with Gasteiger partial charge in [-0.2, -0.15) is 0 Å². The summed E-state index contributed by atoms with van der Waals surface area (Å²) in [6, 6.07) is 15.8. The molecule has 1 amide bonds. The summed E-state index contributed by atoms with van der Waals surface area (Å²) >= 11 is 3.47. The Bertz CT molecular complexity index is 622. The molecule has 0 radical (unpaired) electrons. The van der Waals surface area contributed by atoms with Gasteiger partial charge in [-0.15, -0.1) is 0 Å². The second kappa shape index (κ2) is 6.90. The van der Waals surface area contributed by atoms with Crippen LogP contribution in [-0.2, 0) is 0 Å². The molecule has 0 saturated carbocycles. The molecule has 110 valence electrons. The van der Waals surface area contributed by atoms with Crippen molar-refractivity contribution in [3.8, 4) is 0 Å². The molecule has 1 atom stereocenters. The molecular weight excluding hydrogens is 326 g/mol. The number of halogens is 1. The average molecular weight is 346 g/mol. The fourth-order valence-electron chi connectivity index (χ4n) is 2.25. The molecule has 2 aromatic carbocycles. The van der Waals surface area contributed by atoms with Crippen molar-refractivity contribution in [3.63, 3.8) is 0 Å². The lowest BCUT2D eigenvalue weighted by atomic mass is 9.95. The lowest BCUT2D eigenvalue weighted by molar-refractivity contribution is 0.0925. The van der Waals surface area contributed by atoms with Crippen molar-refractivity contribution in [2.75, 3.05) is 0 Å². The molecule has 1 N–H and O–H groups in total. The van der Waals surface area contributed by atoms with Gasteiger partial charge in [0.25, 0.3) is 5.91 Å². The molecule has 0 aliphatic carbocycles. The van der Waals surface area contributed by atoms with Gasteiger partial charge in [0.05, 0.1) is 6.04 Å². The molecule has 2 nitrogen and oxygen atoms in total. The number of aryl methyl sites for hydroxylation is 1. The van der Waals surface area contributed by atoms with Gasteiger partial charge in [0, 0.05) is 10.0 Å². The Morgan fingerprint density at radius 1 is 1.10 bits per heavy atom. The minimum Gasteiger partial charge on any atom is -0.345 e. The first-order chi connectivity index (χ1) is 9.99. The second-order valence-corrected chi connectivity index (χ2v) is 6.42. The molecule has 0 aliphatic heterocycles. The van der Waals surface area contributed by atoms with Crippen LogP contribution in [0.25, 0.3) is 0 Å². The molecular formula is C18H20BrNO. The van der Waals surface area contributed by atoms with Crippen LogP contribution in [0.5, 0.6) is 0 Å². The van der Waals surface area contributed by atoms with Crippen LogP contribution in [0.1, 0.15) is 41.4 Å². The van der Waals surface area contributed by atoms with Crippen molar-refractivity contribution >= 4 is 21.8 Å². The van der Waals surface area contributed by atoms with E-state index in [0.29, 0.717) is 11.5 Å². The Kier molecular flexibility index (Phi) is 5.18. The summed E-state index contributed by atoms with van der Waals surface area (Å²) < 4.78 is 0.955. The number of hydrogen-bond acceptors (Lipinski definition) is 1. The minimum atomic E-state index is -0.0433. The molecule has 0 aromatic heterocycles. The highest BCUT2D eigenvalue weighted by molar-refractivity contribution is 9.10. The first kappa shape index (κ1) is 15.8. The van der Waals surface area contributed by atoms with E-state index in [9.17, 15) is 4.79 Å². The monoisotopic (exact) mass is 345 g/mol. The molecule has 3 heteroatoms. The third-order valence-electron chi connectivity index (χ3n) is 3.55. The summed E-state index contributed by atoms with van der Waals surface area (Å²) in [5.41, 5.74) is 2.93. The zero-order chi connectivity index (χ0) is 15.4. The van der Waals surface area contributed by atoms with E-state index in [4.69, 9.17) is 0 Å². The highest BCUT2D eigenvalue weighted by Gasteiger charge is 2.19. The molecule has 0 spiro atoms. The van der Waals surface area contributed by atoms with Crippen molar-refractivity contribution in [2.45, 2.75) is 26.8 Å². The molecule has 0 bridgehead atoms. The van der Waals surface area contributed by atoms with Crippen LogP contribution in [0, 0.1) is 12.8 Å². The van der Waals surface area contributed by atoms with Crippen LogP contribution in [0.2, 0.25) is 0 Å². The van der Waals surface area contributed by atoms with Crippen molar-refractivity contribution < 1.29 is 4.79 Å². The molecule has 2 aromatic rings. The van der Waals surface area contributed by atoms with Crippen LogP contribution in [0.3, 0.4) is 0 Å². The van der Waals surface area contributed by atoms with Crippen molar-refractivity contribution in [3.05, 3.63) is 69.7 Å². The predicted octanol–water partition coefficient (Wildman–Crippen LogP) is 4.88. The molecule has 0 saturated heterocycles. The van der Waals surface area contributed by atoms with Gasteiger partial charge in [0.1, 0.15) is 0 Å². The number of rotatable bonds is 4. The van der Waals surface area contributed by atoms with Crippen molar-refractivity contribution in [2.24, 2.45) is 5.92 Å². The minimum absolute atomic E-state index is 0.0128. The zero-order valence-electron chi connectivity index (χ0n) is 12.6. The largest absolute Gasteiger partial charge is 0.345 e. The quantitative estimate of drug-likeness (QED) is 0.840. The van der Waals surface area contributed by atoms with E-state index >= 15 is 0 Å². The summed E-state index contributed by atoms with van der Waals surface area (Å²) in [7, 11) is 0. The Balaban J connectivity index is 2.21. The highest BCUT2D eigenvalue weighted by Crippen LogP contribution is 2.23. The highest BCUT2D eigenvalue weighted by atomic mass is 79.9. The van der Waals surface area contributed by atoms with E-state index in [1.165, 1.54) is 0 Å². The van der Waals surface area contributed by atoms with Crippen LogP contribution in [-0.4, -0.2) is 5.91 Å². The van der Waals surface area contributed by atoms with E-state index in [2.05, 4.69) is 47.2 Å². The normalized spacial score (nSPS) is 12.2. The number of nitrogens with one attached hydrogen (secondary N) is 1. The van der Waals surface area contributed by atoms with E-state index in [-0.39, 0.29) is 11.9 Å². The van der Waals surface area contributed by atoms with Gasteiger partial charge in [-0.25, -0.2) is 0 Å². The van der Waals surface area contributed by atoms with Gasteiger partial charge in [-0.3, -0.25) is 4.79 Å². The predicted molar refractivity (Wildman–Crippen MR) is 90.4 cm³/mol. The zero-order valence-corrected chi connectivity index (χ0v) is 14.1. The van der Waals surface area contributed by atoms with Gasteiger partial charge in [-0.05, 0) is 36.1 Å². The molecule has 0 aliphatic rings. The van der Waals surface area contributed by atoms with Crippen molar-refractivity contribution in [1.29, 1.82) is 0 Å². The Labute approximate surface area is 134 Å². The smallest absolute Gasteiger partial charge is 0.251 e. The van der Waals surface area contributed by atoms with Gasteiger partial charge in [-0.1, -0.05) is 66.2 Å². The summed E-state index contributed by atoms with van der Waals surface area (Å²) in [4.78, 5) is 12.5. The number of carbonyl (C=O) groups excluding carboxylic acids is 1. The molecule has 21 heavy (non-hydrogen) atoms. The summed E-state index contributed by atoms with van der Waals surface area (Å²) in [5.74, 6) is 0.281. The fraction of sp³-hybridized carbons (Fsp3) is 0.278. The Morgan fingerprint density at radius 2 is 1.76 bits per heavy atom. The van der Waals surface area contributed by atoms with Crippen LogP contribution in [0.15, 0.2) is 53.0 Å². The van der Waals surface area contributed by atoms with E-state index in [1.807, 2.05) is 43.3 Å². The Morgan fingerprint density at radius 3 is 2.33 bits per heavy atom. The number of hydrogen-bond donors (Lipinski definition) is 1. The summed E-state index contributed by atoms with van der Waals surface area (Å²) in [5, 5.41) is 3.14. The first-order valence-electron chi connectivity index (χ1n) is 7.11. The first-order valence-corrected chi connectivity index (χ1v) is 7.90. The van der Waals surface area contributed by atoms with E-state index < -0.39 is 0 Å². The molecule has 0 heterocycles. The number of amides is 1. The van der Waals surface area contributed by atoms with E-state index in [1.54, 1.807) is 0 Å². The summed E-state index contributed by atoms with van der Waals surface area (Å²) in [6.07, 6.45) is 0. The maximum absolute atomic E-state index is 12.5. The van der Waals surface area contributed by atoms with E-state index in [0.717, 1.165) is 15.6 Å². The summed E-state index contributed by atoms with van der Waals surface area (Å²) in [6.45, 7) is 6.23. The molecule has 2 rings (SSSR count). The average Bonchev–Trinajstić information content (AvgIpc) is 2.48. The number of benzene rings is 2. The lowest BCUT2D eigenvalue weighted by Gasteiger charge is -2.23. The lowest BCUT2D eigenvalue weighted by Crippen LogP contribution is -2.31. The SMILES string of the molecule is Cc1ccc(C(=O)NC(c2ccccc2)C(C)C)cc1Br. The van der Waals surface area contributed by atoms with Crippen LogP contribution >= 0.6 is 15.9 Å². The number of carbonyl (C=O) groups is 1. The molecule has 1 unspecified atom stereocenters. The maximum atomic E-state index is 12.5. The van der Waals surface area contributed by atoms with Gasteiger partial charge < -0.3 is 5.32 Å². The topological polar surface area (TPSA) is 29.1 Å². The maximum Gasteiger partial charge on any atom is 0.251 e. The van der Waals surface area contributed by atoms with Gasteiger partial charge >= 0.3 is 0 Å². The van der Waals surface area contributed by atoms with Gasteiger partial charge in [0.2, 0.25) is 0 Å². The van der Waals surface area contributed by atoms with Crippen LogP contribution < -0.4 is 5.32 Å². The molecule has 0 fully saturated rings. The Hall–Kier alpha value is -1.61. The van der Waals surface area contributed by atoms with Gasteiger partial charge in [0.15, 0.2) is 0 Å². The standard InChI is InChI=1S/C18H20BrNO/c1-12(2)17(14-7-5-4-6-8-14)20-18(21)15-10-9-13(3)16(19)11-15/h4-12,17H,1-3H3,(H,20,21). The van der Waals surface area contributed by atoms with Crippen molar-refractivity contribution in [1.82, 2.24) is 5.32 Å². The third-order valence-corrected chi connectivity index (χ3v) is 4.40.